The van der Waals surface area contributed by atoms with Crippen LogP contribution in [0.4, 0.5) is 0 Å². The number of rotatable bonds is 6. The fraction of sp³-hybridized carbons (Fsp3) is 0.278. The van der Waals surface area contributed by atoms with Crippen LogP contribution < -0.4 is 10.0 Å². The summed E-state index contributed by atoms with van der Waals surface area (Å²) in [6.45, 7) is 6.32. The Morgan fingerprint density at radius 1 is 1.29 bits per heavy atom. The van der Waals surface area contributed by atoms with E-state index < -0.39 is 10.0 Å². The normalized spacial score (nSPS) is 15.0. The molecular weight excluding hydrogens is 322 g/mol. The lowest BCUT2D eigenvalue weighted by molar-refractivity contribution is 0.587. The molecule has 24 heavy (non-hydrogen) atoms. The zero-order valence-electron chi connectivity index (χ0n) is 14.3. The summed E-state index contributed by atoms with van der Waals surface area (Å²) < 4.78 is 24.9. The van der Waals surface area contributed by atoms with Gasteiger partial charge in [0.25, 0.3) is 0 Å². The fourth-order valence-corrected chi connectivity index (χ4v) is 2.91. The standard InChI is InChI=1S/C18H23N3O2S/c1-13(2)17-16(19-3)6-5-11-20-18(17)15-9-7-14(8-10-15)12-21-24(4,22)23/h6-11,19,21H,1,5,12H2,2-4H3. The van der Waals surface area contributed by atoms with E-state index in [1.807, 2.05) is 44.5 Å². The first-order valence-electron chi connectivity index (χ1n) is 7.66. The lowest BCUT2D eigenvalue weighted by Crippen LogP contribution is -2.21. The van der Waals surface area contributed by atoms with Crippen molar-refractivity contribution in [2.45, 2.75) is 19.9 Å². The Kier molecular flexibility index (Phi) is 5.75. The molecular formula is C18H23N3O2S. The predicted molar refractivity (Wildman–Crippen MR) is 100 cm³/mol. The molecule has 128 valence electrons. The lowest BCUT2D eigenvalue weighted by atomic mass is 9.98. The van der Waals surface area contributed by atoms with Gasteiger partial charge >= 0.3 is 0 Å². The quantitative estimate of drug-likeness (QED) is 0.832. The van der Waals surface area contributed by atoms with E-state index >= 15 is 0 Å². The first kappa shape index (κ1) is 18.2. The van der Waals surface area contributed by atoms with Gasteiger partial charge in [-0.2, -0.15) is 0 Å². The van der Waals surface area contributed by atoms with Gasteiger partial charge in [-0.15, -0.1) is 0 Å². The summed E-state index contributed by atoms with van der Waals surface area (Å²) in [5.74, 6) is 0. The van der Waals surface area contributed by atoms with Gasteiger partial charge < -0.3 is 5.32 Å². The van der Waals surface area contributed by atoms with Crippen molar-refractivity contribution < 1.29 is 8.42 Å². The molecule has 0 aromatic heterocycles. The van der Waals surface area contributed by atoms with Gasteiger partial charge in [0, 0.05) is 43.1 Å². The second kappa shape index (κ2) is 7.59. The summed E-state index contributed by atoms with van der Waals surface area (Å²) in [7, 11) is -1.31. The minimum absolute atomic E-state index is 0.274. The van der Waals surface area contributed by atoms with Gasteiger partial charge in [-0.3, -0.25) is 4.99 Å². The molecule has 1 heterocycles. The molecule has 1 aliphatic heterocycles. The van der Waals surface area contributed by atoms with Crippen LogP contribution >= 0.6 is 0 Å². The van der Waals surface area contributed by atoms with Crippen LogP contribution in [-0.2, 0) is 16.6 Å². The Morgan fingerprint density at radius 2 is 1.96 bits per heavy atom. The molecule has 2 rings (SSSR count). The molecule has 0 atom stereocenters. The molecule has 5 nitrogen and oxygen atoms in total. The molecule has 0 amide bonds. The Bertz CT molecular complexity index is 816. The summed E-state index contributed by atoms with van der Waals surface area (Å²) in [4.78, 5) is 4.60. The average Bonchev–Trinajstić information content (AvgIpc) is 2.75. The number of nitrogens with zero attached hydrogens (tertiary/aromatic N) is 1. The highest BCUT2D eigenvalue weighted by Crippen LogP contribution is 2.30. The van der Waals surface area contributed by atoms with Crippen LogP contribution in [0.15, 0.2) is 58.8 Å². The summed E-state index contributed by atoms with van der Waals surface area (Å²) in [5, 5.41) is 3.21. The number of likely N-dealkylation sites (N-methyl/N-ethyl adjacent to an activating group) is 1. The maximum atomic E-state index is 11.2. The van der Waals surface area contributed by atoms with E-state index in [0.29, 0.717) is 0 Å². The van der Waals surface area contributed by atoms with Crippen molar-refractivity contribution in [1.82, 2.24) is 10.0 Å². The fourth-order valence-electron chi connectivity index (χ4n) is 2.48. The molecule has 1 aromatic rings. The van der Waals surface area contributed by atoms with Crippen LogP contribution in [0.25, 0.3) is 5.70 Å². The highest BCUT2D eigenvalue weighted by Gasteiger charge is 2.15. The number of nitrogens with one attached hydrogen (secondary N) is 2. The van der Waals surface area contributed by atoms with Crippen molar-refractivity contribution in [3.05, 3.63) is 64.9 Å². The van der Waals surface area contributed by atoms with Gasteiger partial charge in [-0.25, -0.2) is 13.1 Å². The van der Waals surface area contributed by atoms with Gasteiger partial charge in [0.15, 0.2) is 0 Å². The van der Waals surface area contributed by atoms with E-state index in [1.165, 1.54) is 0 Å². The molecule has 6 heteroatoms. The summed E-state index contributed by atoms with van der Waals surface area (Å²) in [6.07, 6.45) is 5.87. The third-order valence-electron chi connectivity index (χ3n) is 3.62. The molecule has 2 N–H and O–H groups in total. The first-order valence-corrected chi connectivity index (χ1v) is 9.56. The molecule has 0 unspecified atom stereocenters. The highest BCUT2D eigenvalue weighted by molar-refractivity contribution is 7.88. The van der Waals surface area contributed by atoms with Gasteiger partial charge in [-0.1, -0.05) is 36.9 Å². The Balaban J connectivity index is 2.38. The van der Waals surface area contributed by atoms with Crippen molar-refractivity contribution in [2.75, 3.05) is 13.3 Å². The van der Waals surface area contributed by atoms with Crippen molar-refractivity contribution in [3.8, 4) is 0 Å². The van der Waals surface area contributed by atoms with E-state index in [1.54, 1.807) is 0 Å². The van der Waals surface area contributed by atoms with E-state index in [0.717, 1.165) is 46.3 Å². The molecule has 0 bridgehead atoms. The topological polar surface area (TPSA) is 70.6 Å². The molecule has 0 aliphatic carbocycles. The van der Waals surface area contributed by atoms with Crippen LogP contribution in [0.3, 0.4) is 0 Å². The summed E-state index contributed by atoms with van der Waals surface area (Å²) in [6, 6.07) is 7.71. The molecule has 0 saturated carbocycles. The van der Waals surface area contributed by atoms with Crippen molar-refractivity contribution in [3.63, 3.8) is 0 Å². The minimum atomic E-state index is -3.20. The van der Waals surface area contributed by atoms with Crippen LogP contribution in [0.5, 0.6) is 0 Å². The number of aliphatic imine (C=N–C) groups is 1. The maximum absolute atomic E-state index is 11.2. The molecule has 0 saturated heterocycles. The van der Waals surface area contributed by atoms with Crippen LogP contribution in [-0.4, -0.2) is 27.9 Å². The number of hydrogen-bond acceptors (Lipinski definition) is 4. The van der Waals surface area contributed by atoms with Gasteiger partial charge in [0.05, 0.1) is 12.0 Å². The van der Waals surface area contributed by atoms with E-state index in [-0.39, 0.29) is 6.54 Å². The lowest BCUT2D eigenvalue weighted by Gasteiger charge is -2.15. The number of allylic oxidation sites excluding steroid dienone is 2. The Morgan fingerprint density at radius 3 is 2.50 bits per heavy atom. The molecule has 0 fully saturated rings. The summed E-state index contributed by atoms with van der Waals surface area (Å²) >= 11 is 0. The number of sulfonamides is 1. The second-order valence-corrected chi connectivity index (χ2v) is 7.54. The summed E-state index contributed by atoms with van der Waals surface area (Å²) in [5.41, 5.74) is 5.67. The third-order valence-corrected chi connectivity index (χ3v) is 4.28. The van der Waals surface area contributed by atoms with Gasteiger partial charge in [0.1, 0.15) is 0 Å². The van der Waals surface area contributed by atoms with Crippen LogP contribution in [0, 0.1) is 0 Å². The number of hydrogen-bond donors (Lipinski definition) is 2. The van der Waals surface area contributed by atoms with Crippen LogP contribution in [0.1, 0.15) is 24.5 Å². The highest BCUT2D eigenvalue weighted by atomic mass is 32.2. The molecule has 1 aromatic carbocycles. The number of benzene rings is 1. The zero-order valence-corrected chi connectivity index (χ0v) is 15.1. The largest absolute Gasteiger partial charge is 0.388 e. The van der Waals surface area contributed by atoms with Crippen molar-refractivity contribution in [2.24, 2.45) is 4.99 Å². The Labute approximate surface area is 143 Å². The zero-order chi connectivity index (χ0) is 17.7. The van der Waals surface area contributed by atoms with Gasteiger partial charge in [0.2, 0.25) is 10.0 Å². The molecule has 0 spiro atoms. The molecule has 1 aliphatic rings. The van der Waals surface area contributed by atoms with E-state index in [4.69, 9.17) is 0 Å². The van der Waals surface area contributed by atoms with E-state index in [2.05, 4.69) is 27.7 Å². The van der Waals surface area contributed by atoms with Crippen molar-refractivity contribution in [1.29, 1.82) is 0 Å². The van der Waals surface area contributed by atoms with E-state index in [9.17, 15) is 8.42 Å². The monoisotopic (exact) mass is 345 g/mol. The average molecular weight is 345 g/mol. The molecule has 0 radical (unpaired) electrons. The predicted octanol–water partition coefficient (Wildman–Crippen LogP) is 2.60. The third kappa shape index (κ3) is 4.66. The smallest absolute Gasteiger partial charge is 0.209 e. The maximum Gasteiger partial charge on any atom is 0.209 e. The van der Waals surface area contributed by atoms with Crippen molar-refractivity contribution >= 4 is 21.9 Å². The second-order valence-electron chi connectivity index (χ2n) is 5.71. The first-order chi connectivity index (χ1) is 11.3. The Hall–Kier alpha value is -2.18. The minimum Gasteiger partial charge on any atom is -0.388 e. The van der Waals surface area contributed by atoms with Gasteiger partial charge in [-0.05, 0) is 18.1 Å². The SMILES string of the molecule is C=C(C)C1=C(c2ccc(CNS(C)(=O)=O)cc2)N=CCC=C1NC. The van der Waals surface area contributed by atoms with Crippen LogP contribution in [0.2, 0.25) is 0 Å².